The Hall–Kier alpha value is -1.62. The molecule has 20 heavy (non-hydrogen) atoms. The number of carbonyl (C=O) groups is 1. The van der Waals surface area contributed by atoms with E-state index < -0.39 is 0 Å². The van der Waals surface area contributed by atoms with Crippen LogP contribution in [-0.2, 0) is 7.05 Å². The van der Waals surface area contributed by atoms with Crippen molar-refractivity contribution in [1.29, 1.82) is 0 Å². The van der Waals surface area contributed by atoms with Crippen LogP contribution in [0.4, 0.5) is 0 Å². The van der Waals surface area contributed by atoms with E-state index in [-0.39, 0.29) is 22.9 Å². The maximum Gasteiger partial charge on any atom is 0.251 e. The second-order valence-electron chi connectivity index (χ2n) is 6.43. The summed E-state index contributed by atoms with van der Waals surface area (Å²) < 4.78 is 1.45. The molecule has 2 atom stereocenters. The highest BCUT2D eigenvalue weighted by molar-refractivity contribution is 5.94. The SMILES string of the molecule is CN(C)C1CC(NC(=O)c2ccn(C)c(=O)c2)C1(C)C. The van der Waals surface area contributed by atoms with Gasteiger partial charge in [0.15, 0.2) is 0 Å². The molecule has 1 N–H and O–H groups in total. The van der Waals surface area contributed by atoms with Gasteiger partial charge in [-0.15, -0.1) is 0 Å². The molecule has 1 aromatic heterocycles. The zero-order valence-corrected chi connectivity index (χ0v) is 12.8. The van der Waals surface area contributed by atoms with E-state index in [9.17, 15) is 9.59 Å². The average Bonchev–Trinajstić information content (AvgIpc) is 2.36. The standard InChI is InChI=1S/C15H23N3O2/c1-15(2)11(9-12(15)17(3)4)16-14(20)10-6-7-18(5)13(19)8-10/h6-8,11-12H,9H2,1-5H3,(H,16,20). The van der Waals surface area contributed by atoms with Gasteiger partial charge in [-0.3, -0.25) is 9.59 Å². The Morgan fingerprint density at radius 1 is 1.45 bits per heavy atom. The third-order valence-electron chi connectivity index (χ3n) is 4.51. The van der Waals surface area contributed by atoms with E-state index in [1.54, 1.807) is 19.3 Å². The first-order valence-corrected chi connectivity index (χ1v) is 6.87. The molecule has 2 rings (SSSR count). The first kappa shape index (κ1) is 14.8. The molecule has 0 bridgehead atoms. The summed E-state index contributed by atoms with van der Waals surface area (Å²) in [7, 11) is 5.79. The van der Waals surface area contributed by atoms with Crippen LogP contribution in [0.5, 0.6) is 0 Å². The number of aromatic nitrogens is 1. The molecule has 1 fully saturated rings. The van der Waals surface area contributed by atoms with Crippen LogP contribution in [0.1, 0.15) is 30.6 Å². The minimum atomic E-state index is -0.170. The van der Waals surface area contributed by atoms with Gasteiger partial charge in [-0.1, -0.05) is 13.8 Å². The highest BCUT2D eigenvalue weighted by Crippen LogP contribution is 2.43. The lowest BCUT2D eigenvalue weighted by molar-refractivity contribution is -0.0107. The molecule has 0 aliphatic heterocycles. The van der Waals surface area contributed by atoms with E-state index in [1.165, 1.54) is 10.6 Å². The van der Waals surface area contributed by atoms with Gasteiger partial charge in [0.2, 0.25) is 0 Å². The normalized spacial score (nSPS) is 24.3. The van der Waals surface area contributed by atoms with Gasteiger partial charge in [-0.2, -0.15) is 0 Å². The minimum Gasteiger partial charge on any atom is -0.349 e. The molecule has 5 nitrogen and oxygen atoms in total. The lowest BCUT2D eigenvalue weighted by Gasteiger charge is -2.55. The first-order chi connectivity index (χ1) is 9.23. The molecular weight excluding hydrogens is 254 g/mol. The van der Waals surface area contributed by atoms with Crippen molar-refractivity contribution in [2.45, 2.75) is 32.4 Å². The Bertz CT molecular complexity index is 575. The molecule has 2 unspecified atom stereocenters. The quantitative estimate of drug-likeness (QED) is 0.891. The highest BCUT2D eigenvalue weighted by atomic mass is 16.2. The van der Waals surface area contributed by atoms with Gasteiger partial charge < -0.3 is 14.8 Å². The average molecular weight is 277 g/mol. The van der Waals surface area contributed by atoms with Crippen LogP contribution in [0.2, 0.25) is 0 Å². The van der Waals surface area contributed by atoms with Crippen LogP contribution >= 0.6 is 0 Å². The van der Waals surface area contributed by atoms with Crippen LogP contribution in [0.15, 0.2) is 23.1 Å². The van der Waals surface area contributed by atoms with Gasteiger partial charge >= 0.3 is 0 Å². The van der Waals surface area contributed by atoms with Crippen molar-refractivity contribution >= 4 is 5.91 Å². The topological polar surface area (TPSA) is 54.3 Å². The molecule has 0 saturated heterocycles. The Labute approximate surface area is 119 Å². The van der Waals surface area contributed by atoms with E-state index in [4.69, 9.17) is 0 Å². The molecular formula is C15H23N3O2. The summed E-state index contributed by atoms with van der Waals surface area (Å²) >= 11 is 0. The lowest BCUT2D eigenvalue weighted by atomic mass is 9.62. The first-order valence-electron chi connectivity index (χ1n) is 6.87. The zero-order chi connectivity index (χ0) is 15.1. The molecule has 0 aromatic carbocycles. The summed E-state index contributed by atoms with van der Waals surface area (Å²) in [6.45, 7) is 4.33. The van der Waals surface area contributed by atoms with E-state index in [0.717, 1.165) is 6.42 Å². The molecule has 1 aromatic rings. The minimum absolute atomic E-state index is 0.0406. The Balaban J connectivity index is 2.06. The fourth-order valence-electron chi connectivity index (χ4n) is 2.96. The van der Waals surface area contributed by atoms with Crippen LogP contribution < -0.4 is 10.9 Å². The summed E-state index contributed by atoms with van der Waals surface area (Å²) in [6, 6.07) is 3.67. The predicted molar refractivity (Wildman–Crippen MR) is 78.8 cm³/mol. The van der Waals surface area contributed by atoms with Gasteiger partial charge in [-0.05, 0) is 26.6 Å². The molecule has 1 heterocycles. The smallest absolute Gasteiger partial charge is 0.251 e. The number of hydrogen-bond donors (Lipinski definition) is 1. The van der Waals surface area contributed by atoms with Crippen LogP contribution in [-0.4, -0.2) is 41.6 Å². The molecule has 1 aliphatic carbocycles. The van der Waals surface area contributed by atoms with E-state index in [0.29, 0.717) is 11.6 Å². The zero-order valence-electron chi connectivity index (χ0n) is 12.8. The fourth-order valence-corrected chi connectivity index (χ4v) is 2.96. The number of carbonyl (C=O) groups excluding carboxylic acids is 1. The lowest BCUT2D eigenvalue weighted by Crippen LogP contribution is -2.65. The van der Waals surface area contributed by atoms with Crippen LogP contribution in [0.25, 0.3) is 0 Å². The maximum absolute atomic E-state index is 12.2. The monoisotopic (exact) mass is 277 g/mol. The van der Waals surface area contributed by atoms with Gasteiger partial charge in [0.1, 0.15) is 0 Å². The molecule has 110 valence electrons. The summed E-state index contributed by atoms with van der Waals surface area (Å²) in [6.07, 6.45) is 2.56. The van der Waals surface area contributed by atoms with Crippen molar-refractivity contribution in [1.82, 2.24) is 14.8 Å². The number of rotatable bonds is 3. The van der Waals surface area contributed by atoms with Crippen LogP contribution in [0.3, 0.4) is 0 Å². The Morgan fingerprint density at radius 3 is 2.60 bits per heavy atom. The third-order valence-corrected chi connectivity index (χ3v) is 4.51. The molecule has 0 spiro atoms. The second-order valence-corrected chi connectivity index (χ2v) is 6.43. The molecule has 5 heteroatoms. The molecule has 1 saturated carbocycles. The Morgan fingerprint density at radius 2 is 2.10 bits per heavy atom. The fraction of sp³-hybridized carbons (Fsp3) is 0.600. The molecule has 0 radical (unpaired) electrons. The highest BCUT2D eigenvalue weighted by Gasteiger charge is 2.49. The number of pyridine rings is 1. The van der Waals surface area contributed by atoms with Gasteiger partial charge in [0.25, 0.3) is 11.5 Å². The summed E-state index contributed by atoms with van der Waals surface area (Å²) in [4.78, 5) is 26.0. The van der Waals surface area contributed by atoms with Crippen molar-refractivity contribution < 1.29 is 4.79 Å². The number of aryl methyl sites for hydroxylation is 1. The third kappa shape index (κ3) is 2.50. The van der Waals surface area contributed by atoms with E-state index in [1.807, 2.05) is 0 Å². The van der Waals surface area contributed by atoms with Crippen molar-refractivity contribution in [3.63, 3.8) is 0 Å². The number of nitrogens with zero attached hydrogens (tertiary/aromatic N) is 2. The number of nitrogens with one attached hydrogen (secondary N) is 1. The summed E-state index contributed by atoms with van der Waals surface area (Å²) in [5.41, 5.74) is 0.299. The molecule has 1 amide bonds. The summed E-state index contributed by atoms with van der Waals surface area (Å²) in [5.74, 6) is -0.169. The van der Waals surface area contributed by atoms with E-state index in [2.05, 4.69) is 38.2 Å². The van der Waals surface area contributed by atoms with Gasteiger partial charge in [0, 0.05) is 42.4 Å². The van der Waals surface area contributed by atoms with Gasteiger partial charge in [0.05, 0.1) is 0 Å². The predicted octanol–water partition coefficient (Wildman–Crippen LogP) is 0.844. The van der Waals surface area contributed by atoms with Crippen molar-refractivity contribution in [2.24, 2.45) is 12.5 Å². The van der Waals surface area contributed by atoms with Crippen molar-refractivity contribution in [3.05, 3.63) is 34.2 Å². The van der Waals surface area contributed by atoms with Crippen LogP contribution in [0, 0.1) is 5.41 Å². The summed E-state index contributed by atoms with van der Waals surface area (Å²) in [5, 5.41) is 3.04. The largest absolute Gasteiger partial charge is 0.349 e. The number of hydrogen-bond acceptors (Lipinski definition) is 3. The Kier molecular flexibility index (Phi) is 3.73. The van der Waals surface area contributed by atoms with Gasteiger partial charge in [-0.25, -0.2) is 0 Å². The molecule has 1 aliphatic rings. The van der Waals surface area contributed by atoms with Crippen molar-refractivity contribution in [3.8, 4) is 0 Å². The maximum atomic E-state index is 12.2. The number of amides is 1. The second kappa shape index (κ2) is 5.05. The van der Waals surface area contributed by atoms with Crippen molar-refractivity contribution in [2.75, 3.05) is 14.1 Å². The van der Waals surface area contributed by atoms with E-state index >= 15 is 0 Å².